The van der Waals surface area contributed by atoms with Gasteiger partial charge in [-0.3, -0.25) is 0 Å². The third-order valence-electron chi connectivity index (χ3n) is 3.25. The number of hydrogen-bond donors (Lipinski definition) is 0. The van der Waals surface area contributed by atoms with Crippen LogP contribution in [0.4, 0.5) is 15.8 Å². The van der Waals surface area contributed by atoms with Crippen LogP contribution in [0.15, 0.2) is 42.5 Å². The van der Waals surface area contributed by atoms with Crippen LogP contribution in [0.1, 0.15) is 11.1 Å². The molecule has 0 fully saturated rings. The van der Waals surface area contributed by atoms with Gasteiger partial charge in [0.1, 0.15) is 5.82 Å². The van der Waals surface area contributed by atoms with Crippen LogP contribution in [-0.2, 0) is 6.42 Å². The molecule has 88 valence electrons. The molecule has 0 unspecified atom stereocenters. The van der Waals surface area contributed by atoms with E-state index in [4.69, 9.17) is 5.26 Å². The van der Waals surface area contributed by atoms with Gasteiger partial charge in [0.2, 0.25) is 0 Å². The maximum absolute atomic E-state index is 13.8. The molecule has 2 aromatic carbocycles. The first kappa shape index (κ1) is 10.8. The molecule has 3 rings (SSSR count). The fourth-order valence-corrected chi connectivity index (χ4v) is 2.39. The molecule has 0 aromatic heterocycles. The molecule has 1 heterocycles. The normalized spacial score (nSPS) is 13.2. The van der Waals surface area contributed by atoms with Crippen molar-refractivity contribution >= 4 is 11.4 Å². The lowest BCUT2D eigenvalue weighted by atomic mass is 10.1. The Labute approximate surface area is 105 Å². The minimum absolute atomic E-state index is 0.213. The first-order valence-corrected chi connectivity index (χ1v) is 5.84. The van der Waals surface area contributed by atoms with Gasteiger partial charge in [-0.05, 0) is 42.3 Å². The third-order valence-corrected chi connectivity index (χ3v) is 3.25. The number of nitriles is 1. The van der Waals surface area contributed by atoms with Gasteiger partial charge in [-0.15, -0.1) is 0 Å². The van der Waals surface area contributed by atoms with Gasteiger partial charge in [-0.1, -0.05) is 12.1 Å². The van der Waals surface area contributed by atoms with E-state index in [1.54, 1.807) is 18.2 Å². The summed E-state index contributed by atoms with van der Waals surface area (Å²) in [7, 11) is 0. The number of nitrogens with zero attached hydrogens (tertiary/aromatic N) is 2. The summed E-state index contributed by atoms with van der Waals surface area (Å²) in [5.74, 6) is -0.213. The van der Waals surface area contributed by atoms with Gasteiger partial charge in [-0.2, -0.15) is 5.26 Å². The number of para-hydroxylation sites is 1. The quantitative estimate of drug-likeness (QED) is 0.761. The molecule has 0 amide bonds. The number of anilines is 2. The van der Waals surface area contributed by atoms with E-state index < -0.39 is 0 Å². The Balaban J connectivity index is 2.06. The van der Waals surface area contributed by atoms with E-state index in [1.165, 1.54) is 6.07 Å². The van der Waals surface area contributed by atoms with Crippen LogP contribution in [0.5, 0.6) is 0 Å². The highest BCUT2D eigenvalue weighted by atomic mass is 19.1. The number of fused-ring (bicyclic) bond motifs is 1. The molecule has 0 aliphatic carbocycles. The summed E-state index contributed by atoms with van der Waals surface area (Å²) in [5, 5.41) is 8.87. The summed E-state index contributed by atoms with van der Waals surface area (Å²) in [6.07, 6.45) is 0.846. The Morgan fingerprint density at radius 1 is 1.11 bits per heavy atom. The molecule has 0 N–H and O–H groups in total. The molecule has 18 heavy (non-hydrogen) atoms. The van der Waals surface area contributed by atoms with Gasteiger partial charge in [0.15, 0.2) is 0 Å². The van der Waals surface area contributed by atoms with E-state index in [0.29, 0.717) is 11.3 Å². The second-order valence-electron chi connectivity index (χ2n) is 4.31. The molecule has 0 saturated heterocycles. The zero-order valence-electron chi connectivity index (χ0n) is 9.73. The minimum Gasteiger partial charge on any atom is -0.339 e. The topological polar surface area (TPSA) is 27.0 Å². The molecular weight excluding hydrogens is 227 g/mol. The highest BCUT2D eigenvalue weighted by molar-refractivity contribution is 5.71. The van der Waals surface area contributed by atoms with Crippen molar-refractivity contribution in [2.75, 3.05) is 11.4 Å². The lowest BCUT2D eigenvalue weighted by molar-refractivity contribution is 0.626. The predicted octanol–water partition coefficient (Wildman–Crippen LogP) is 3.39. The summed E-state index contributed by atoms with van der Waals surface area (Å²) in [6.45, 7) is 0.755. The summed E-state index contributed by atoms with van der Waals surface area (Å²) in [5.41, 5.74) is 3.36. The van der Waals surface area contributed by atoms with Crippen molar-refractivity contribution in [2.24, 2.45) is 0 Å². The van der Waals surface area contributed by atoms with E-state index in [2.05, 4.69) is 6.07 Å². The Hall–Kier alpha value is -2.34. The number of halogens is 1. The monoisotopic (exact) mass is 238 g/mol. The first-order valence-electron chi connectivity index (χ1n) is 5.84. The number of benzene rings is 2. The molecule has 3 heteroatoms. The molecule has 0 atom stereocenters. The van der Waals surface area contributed by atoms with Gasteiger partial charge in [0.25, 0.3) is 0 Å². The fourth-order valence-electron chi connectivity index (χ4n) is 2.39. The Morgan fingerprint density at radius 2 is 1.94 bits per heavy atom. The largest absolute Gasteiger partial charge is 0.339 e. The van der Waals surface area contributed by atoms with E-state index in [1.807, 2.05) is 23.1 Å². The Kier molecular flexibility index (Phi) is 2.49. The van der Waals surface area contributed by atoms with Gasteiger partial charge in [-0.25, -0.2) is 4.39 Å². The molecule has 0 radical (unpaired) electrons. The lowest BCUT2D eigenvalue weighted by Gasteiger charge is -2.20. The van der Waals surface area contributed by atoms with Crippen molar-refractivity contribution in [1.82, 2.24) is 0 Å². The summed E-state index contributed by atoms with van der Waals surface area (Å²) in [4.78, 5) is 1.96. The summed E-state index contributed by atoms with van der Waals surface area (Å²) in [6, 6.07) is 14.5. The molecular formula is C15H11FN2. The first-order chi connectivity index (χ1) is 8.79. The number of rotatable bonds is 1. The third kappa shape index (κ3) is 1.63. The fraction of sp³-hybridized carbons (Fsp3) is 0.133. The average Bonchev–Trinajstić information content (AvgIpc) is 2.82. The van der Waals surface area contributed by atoms with Crippen molar-refractivity contribution in [3.05, 3.63) is 59.4 Å². The molecule has 2 nitrogen and oxygen atoms in total. The van der Waals surface area contributed by atoms with E-state index in [-0.39, 0.29) is 5.82 Å². The minimum atomic E-state index is -0.213. The zero-order chi connectivity index (χ0) is 12.5. The average molecular weight is 238 g/mol. The van der Waals surface area contributed by atoms with Crippen molar-refractivity contribution in [3.63, 3.8) is 0 Å². The smallest absolute Gasteiger partial charge is 0.146 e. The maximum atomic E-state index is 13.8. The van der Waals surface area contributed by atoms with E-state index in [0.717, 1.165) is 24.2 Å². The van der Waals surface area contributed by atoms with E-state index in [9.17, 15) is 4.39 Å². The number of hydrogen-bond acceptors (Lipinski definition) is 2. The highest BCUT2D eigenvalue weighted by Crippen LogP contribution is 2.35. The molecule has 1 aliphatic heterocycles. The van der Waals surface area contributed by atoms with Crippen LogP contribution in [-0.4, -0.2) is 6.54 Å². The highest BCUT2D eigenvalue weighted by Gasteiger charge is 2.22. The van der Waals surface area contributed by atoms with Crippen LogP contribution >= 0.6 is 0 Å². The Bertz CT molecular complexity index is 643. The SMILES string of the molecule is N#Cc1ccc2c(c1)CCN2c1ccccc1F. The molecule has 1 aliphatic rings. The second kappa shape index (κ2) is 4.15. The molecule has 0 saturated carbocycles. The van der Waals surface area contributed by atoms with Crippen molar-refractivity contribution in [3.8, 4) is 6.07 Å². The van der Waals surface area contributed by atoms with Crippen LogP contribution in [0.25, 0.3) is 0 Å². The lowest BCUT2D eigenvalue weighted by Crippen LogP contribution is -2.14. The maximum Gasteiger partial charge on any atom is 0.146 e. The molecule has 2 aromatic rings. The predicted molar refractivity (Wildman–Crippen MR) is 68.3 cm³/mol. The molecule has 0 bridgehead atoms. The van der Waals surface area contributed by atoms with Gasteiger partial charge in [0, 0.05) is 12.2 Å². The van der Waals surface area contributed by atoms with Gasteiger partial charge in [0.05, 0.1) is 17.3 Å². The van der Waals surface area contributed by atoms with Crippen molar-refractivity contribution < 1.29 is 4.39 Å². The van der Waals surface area contributed by atoms with Crippen molar-refractivity contribution in [1.29, 1.82) is 5.26 Å². The van der Waals surface area contributed by atoms with Gasteiger partial charge < -0.3 is 4.90 Å². The van der Waals surface area contributed by atoms with E-state index >= 15 is 0 Å². The van der Waals surface area contributed by atoms with Crippen LogP contribution in [0, 0.1) is 17.1 Å². The zero-order valence-corrected chi connectivity index (χ0v) is 9.73. The van der Waals surface area contributed by atoms with Gasteiger partial charge >= 0.3 is 0 Å². The second-order valence-corrected chi connectivity index (χ2v) is 4.31. The summed E-state index contributed by atoms with van der Waals surface area (Å²) >= 11 is 0. The Morgan fingerprint density at radius 3 is 2.72 bits per heavy atom. The summed E-state index contributed by atoms with van der Waals surface area (Å²) < 4.78 is 13.8. The van der Waals surface area contributed by atoms with Crippen LogP contribution in [0.3, 0.4) is 0 Å². The molecule has 0 spiro atoms. The standard InChI is InChI=1S/C15H11FN2/c16-13-3-1-2-4-15(13)18-8-7-12-9-11(10-17)5-6-14(12)18/h1-6,9H,7-8H2. The van der Waals surface area contributed by atoms with Crippen molar-refractivity contribution in [2.45, 2.75) is 6.42 Å². The van der Waals surface area contributed by atoms with Crippen LogP contribution in [0.2, 0.25) is 0 Å². The van der Waals surface area contributed by atoms with Crippen LogP contribution < -0.4 is 4.90 Å².